The fourth-order valence-corrected chi connectivity index (χ4v) is 4.50. The van der Waals surface area contributed by atoms with Gasteiger partial charge < -0.3 is 20.8 Å². The number of anilines is 1. The van der Waals surface area contributed by atoms with Gasteiger partial charge in [0.05, 0.1) is 5.00 Å². The Morgan fingerprint density at radius 1 is 1.33 bits per heavy atom. The van der Waals surface area contributed by atoms with E-state index in [0.717, 1.165) is 47.2 Å². The van der Waals surface area contributed by atoms with Crippen molar-refractivity contribution >= 4 is 39.2 Å². The van der Waals surface area contributed by atoms with Crippen molar-refractivity contribution in [2.75, 3.05) is 5.32 Å². The van der Waals surface area contributed by atoms with Gasteiger partial charge in [0, 0.05) is 22.7 Å². The van der Waals surface area contributed by atoms with Crippen molar-refractivity contribution in [3.63, 3.8) is 0 Å². The smallest absolute Gasteiger partial charge is 0.404 e. The zero-order valence-corrected chi connectivity index (χ0v) is 15.6. The highest BCUT2D eigenvalue weighted by molar-refractivity contribution is 7.14. The average molecular weight is 382 g/mol. The molecule has 7 heteroatoms. The summed E-state index contributed by atoms with van der Waals surface area (Å²) in [6.07, 6.45) is 4.93. The molecule has 1 amide bonds. The average Bonchev–Trinajstić information content (AvgIpc) is 3.30. The van der Waals surface area contributed by atoms with E-state index in [9.17, 15) is 4.79 Å². The normalized spacial score (nSPS) is 19.7. The van der Waals surface area contributed by atoms with Gasteiger partial charge in [-0.15, -0.1) is 11.3 Å². The highest BCUT2D eigenvalue weighted by Crippen LogP contribution is 2.38. The van der Waals surface area contributed by atoms with Crippen molar-refractivity contribution in [3.05, 3.63) is 53.0 Å². The van der Waals surface area contributed by atoms with Crippen LogP contribution in [0.3, 0.4) is 0 Å². The van der Waals surface area contributed by atoms with Gasteiger partial charge in [-0.3, -0.25) is 5.41 Å². The minimum Gasteiger partial charge on any atom is -0.446 e. The molecule has 2 unspecified atom stereocenters. The molecule has 140 valence electrons. The molecule has 1 aromatic carbocycles. The molecule has 2 heterocycles. The molecule has 0 aliphatic heterocycles. The number of thiophene rings is 1. The molecule has 2 atom stereocenters. The predicted octanol–water partition coefficient (Wildman–Crippen LogP) is 4.79. The largest absolute Gasteiger partial charge is 0.446 e. The molecule has 1 fully saturated rings. The number of nitrogens with two attached hydrogens (primary N) is 1. The van der Waals surface area contributed by atoms with Crippen molar-refractivity contribution in [1.82, 2.24) is 4.98 Å². The molecule has 27 heavy (non-hydrogen) atoms. The minimum atomic E-state index is -0.699. The molecule has 0 radical (unpaired) electrons. The molecule has 0 spiro atoms. The van der Waals surface area contributed by atoms with Crippen molar-refractivity contribution in [2.24, 2.45) is 5.73 Å². The van der Waals surface area contributed by atoms with Crippen LogP contribution in [0.5, 0.6) is 0 Å². The summed E-state index contributed by atoms with van der Waals surface area (Å²) in [5.74, 6) is 0.691. The topological polar surface area (TPSA) is 104 Å². The number of carbonyl (C=O) groups is 1. The van der Waals surface area contributed by atoms with Crippen LogP contribution in [0.4, 0.5) is 9.80 Å². The first kappa shape index (κ1) is 17.6. The summed E-state index contributed by atoms with van der Waals surface area (Å²) >= 11 is 1.57. The lowest BCUT2D eigenvalue weighted by Gasteiger charge is -2.28. The first-order chi connectivity index (χ1) is 13.1. The number of fused-ring (bicyclic) bond motifs is 1. The molecule has 3 aromatic rings. The molecule has 0 saturated heterocycles. The number of amidine groups is 1. The van der Waals surface area contributed by atoms with Crippen LogP contribution in [-0.4, -0.2) is 23.0 Å². The van der Waals surface area contributed by atoms with Gasteiger partial charge in [0.25, 0.3) is 0 Å². The van der Waals surface area contributed by atoms with Crippen LogP contribution in [0.25, 0.3) is 10.9 Å². The second-order valence-electron chi connectivity index (χ2n) is 6.90. The Morgan fingerprint density at radius 2 is 2.22 bits per heavy atom. The van der Waals surface area contributed by atoms with E-state index in [1.54, 1.807) is 11.3 Å². The van der Waals surface area contributed by atoms with Crippen LogP contribution in [0.2, 0.25) is 0 Å². The van der Waals surface area contributed by atoms with E-state index in [0.29, 0.717) is 11.8 Å². The number of primary amides is 1. The number of aromatic nitrogens is 1. The summed E-state index contributed by atoms with van der Waals surface area (Å²) in [7, 11) is 0. The lowest BCUT2D eigenvalue weighted by Crippen LogP contribution is -2.27. The molecule has 0 bridgehead atoms. The molecule has 5 N–H and O–H groups in total. The number of carbonyl (C=O) groups excluding carboxylic acids is 1. The van der Waals surface area contributed by atoms with Crippen LogP contribution < -0.4 is 11.1 Å². The minimum absolute atomic E-state index is 0.117. The Morgan fingerprint density at radius 3 is 3.00 bits per heavy atom. The highest BCUT2D eigenvalue weighted by atomic mass is 32.1. The lowest BCUT2D eigenvalue weighted by atomic mass is 9.82. The van der Waals surface area contributed by atoms with Gasteiger partial charge in [0.1, 0.15) is 11.9 Å². The Hall–Kier alpha value is -2.80. The third-order valence-corrected chi connectivity index (χ3v) is 5.91. The Bertz CT molecular complexity index is 964. The number of benzene rings is 1. The van der Waals surface area contributed by atoms with Crippen LogP contribution in [0.1, 0.15) is 42.7 Å². The summed E-state index contributed by atoms with van der Waals surface area (Å²) < 4.78 is 5.24. The lowest BCUT2D eigenvalue weighted by molar-refractivity contribution is 0.0770. The molecule has 6 nitrogen and oxygen atoms in total. The Balaban J connectivity index is 1.58. The fourth-order valence-electron chi connectivity index (χ4n) is 3.88. The van der Waals surface area contributed by atoms with Gasteiger partial charge in [0.15, 0.2) is 0 Å². The number of nitrogens with one attached hydrogen (secondary N) is 3. The summed E-state index contributed by atoms with van der Waals surface area (Å²) in [5, 5.41) is 15.6. The van der Waals surface area contributed by atoms with E-state index in [1.807, 2.05) is 35.8 Å². The van der Waals surface area contributed by atoms with Gasteiger partial charge in [-0.2, -0.15) is 0 Å². The molecule has 1 saturated carbocycles. The van der Waals surface area contributed by atoms with Gasteiger partial charge >= 0.3 is 6.09 Å². The molecule has 1 aliphatic carbocycles. The first-order valence-corrected chi connectivity index (χ1v) is 9.94. The number of aromatic amines is 1. The number of H-pyrrole nitrogens is 1. The summed E-state index contributed by atoms with van der Waals surface area (Å²) in [5.41, 5.74) is 8.30. The molecule has 4 rings (SSSR count). The monoisotopic (exact) mass is 382 g/mol. The van der Waals surface area contributed by atoms with Crippen molar-refractivity contribution < 1.29 is 9.53 Å². The van der Waals surface area contributed by atoms with E-state index in [-0.39, 0.29) is 6.10 Å². The van der Waals surface area contributed by atoms with Crippen LogP contribution >= 0.6 is 11.3 Å². The maximum absolute atomic E-state index is 11.1. The van der Waals surface area contributed by atoms with Crippen molar-refractivity contribution in [3.8, 4) is 0 Å². The Labute approximate surface area is 161 Å². The van der Waals surface area contributed by atoms with E-state index in [1.165, 1.54) is 5.56 Å². The standard InChI is InChI=1S/C20H22N4O2S/c21-19(24-18-5-2-8-27-18)13-6-7-17-15(10-13)16(11-23-17)12-3-1-4-14(9-12)26-20(22)25/h2,5-8,10-12,14,23H,1,3-4,9H2,(H2,21,24)(H2,22,25). The van der Waals surface area contributed by atoms with Crippen molar-refractivity contribution in [2.45, 2.75) is 37.7 Å². The number of amides is 1. The number of rotatable bonds is 4. The number of ether oxygens (including phenoxy) is 1. The third-order valence-electron chi connectivity index (χ3n) is 5.12. The number of hydrogen-bond donors (Lipinski definition) is 4. The van der Waals surface area contributed by atoms with E-state index in [2.05, 4.69) is 16.4 Å². The zero-order valence-electron chi connectivity index (χ0n) is 14.8. The van der Waals surface area contributed by atoms with Crippen LogP contribution in [0.15, 0.2) is 41.9 Å². The van der Waals surface area contributed by atoms with Crippen molar-refractivity contribution in [1.29, 1.82) is 5.41 Å². The van der Waals surface area contributed by atoms with Crippen LogP contribution in [-0.2, 0) is 4.74 Å². The first-order valence-electron chi connectivity index (χ1n) is 9.06. The summed E-state index contributed by atoms with van der Waals surface area (Å²) in [6, 6.07) is 9.94. The molecular weight excluding hydrogens is 360 g/mol. The Kier molecular flexibility index (Phi) is 4.85. The van der Waals surface area contributed by atoms with E-state index in [4.69, 9.17) is 15.9 Å². The summed E-state index contributed by atoms with van der Waals surface area (Å²) in [6.45, 7) is 0. The van der Waals surface area contributed by atoms with Gasteiger partial charge in [-0.05, 0) is 72.9 Å². The quantitative estimate of drug-likeness (QED) is 0.385. The maximum Gasteiger partial charge on any atom is 0.404 e. The van der Waals surface area contributed by atoms with Gasteiger partial charge in [-0.1, -0.05) is 0 Å². The fraction of sp³-hybridized carbons (Fsp3) is 0.300. The molecule has 1 aliphatic rings. The van der Waals surface area contributed by atoms with Gasteiger partial charge in [0.2, 0.25) is 0 Å². The highest BCUT2D eigenvalue weighted by Gasteiger charge is 2.27. The molecule has 2 aromatic heterocycles. The second kappa shape index (κ2) is 7.44. The second-order valence-corrected chi connectivity index (χ2v) is 7.85. The van der Waals surface area contributed by atoms with Gasteiger partial charge in [-0.25, -0.2) is 4.79 Å². The maximum atomic E-state index is 11.1. The predicted molar refractivity (Wildman–Crippen MR) is 109 cm³/mol. The summed E-state index contributed by atoms with van der Waals surface area (Å²) in [4.78, 5) is 14.4. The zero-order chi connectivity index (χ0) is 18.8. The number of hydrogen-bond acceptors (Lipinski definition) is 4. The van der Waals surface area contributed by atoms with E-state index < -0.39 is 6.09 Å². The molecular formula is C20H22N4O2S. The SMILES string of the molecule is N=C(Nc1cccs1)c1ccc2[nH]cc(C3CCCC(OC(N)=O)C3)c2c1. The van der Waals surface area contributed by atoms with E-state index >= 15 is 0 Å². The van der Waals surface area contributed by atoms with Crippen LogP contribution in [0, 0.1) is 5.41 Å². The third kappa shape index (κ3) is 3.83.